The number of benzene rings is 2. The number of aryl methyl sites for hydroxylation is 2. The maximum atomic E-state index is 13.4. The summed E-state index contributed by atoms with van der Waals surface area (Å²) in [5, 5.41) is 1.41. The second-order valence-corrected chi connectivity index (χ2v) is 10.3. The van der Waals surface area contributed by atoms with Crippen molar-refractivity contribution in [1.82, 2.24) is 14.5 Å². The smallest absolute Gasteiger partial charge is 0.233 e. The van der Waals surface area contributed by atoms with Gasteiger partial charge in [-0.05, 0) is 54.5 Å². The zero-order valence-corrected chi connectivity index (χ0v) is 20.5. The quantitative estimate of drug-likeness (QED) is 0.264. The summed E-state index contributed by atoms with van der Waals surface area (Å²) < 4.78 is 3.02. The van der Waals surface area contributed by atoms with Gasteiger partial charge < -0.3 is 4.57 Å². The van der Waals surface area contributed by atoms with Crippen LogP contribution in [-0.2, 0) is 17.8 Å². The molecule has 0 fully saturated rings. The Bertz CT molecular complexity index is 1190. The number of fused-ring (bicyclic) bond motifs is 1. The zero-order chi connectivity index (χ0) is 22.5. The molecule has 0 saturated carbocycles. The Morgan fingerprint density at radius 2 is 2.06 bits per heavy atom. The van der Waals surface area contributed by atoms with Crippen LogP contribution < -0.4 is 4.90 Å². The fraction of sp³-hybridized carbons (Fsp3) is 0.292. The van der Waals surface area contributed by atoms with Crippen molar-refractivity contribution in [3.8, 4) is 0 Å². The van der Waals surface area contributed by atoms with E-state index in [9.17, 15) is 4.79 Å². The highest BCUT2D eigenvalue weighted by Gasteiger charge is 2.21. The summed E-state index contributed by atoms with van der Waals surface area (Å²) in [4.78, 5) is 25.3. The Hall–Kier alpha value is -2.35. The van der Waals surface area contributed by atoms with Crippen LogP contribution in [0.15, 0.2) is 60.0 Å². The first kappa shape index (κ1) is 22.8. The second-order valence-electron chi connectivity index (χ2n) is 7.52. The van der Waals surface area contributed by atoms with Crippen LogP contribution in [0.2, 0.25) is 5.02 Å². The average Bonchev–Trinajstić information content (AvgIpc) is 3.42. The second kappa shape index (κ2) is 10.5. The van der Waals surface area contributed by atoms with Gasteiger partial charge in [0.15, 0.2) is 5.13 Å². The molecule has 8 heteroatoms. The minimum absolute atomic E-state index is 0.0503. The number of carbonyl (C=O) groups is 1. The van der Waals surface area contributed by atoms with Gasteiger partial charge in [0.2, 0.25) is 5.91 Å². The first-order valence-electron chi connectivity index (χ1n) is 10.6. The van der Waals surface area contributed by atoms with E-state index < -0.39 is 0 Å². The van der Waals surface area contributed by atoms with Crippen LogP contribution in [0.1, 0.15) is 24.5 Å². The summed E-state index contributed by atoms with van der Waals surface area (Å²) in [6.07, 6.45) is 6.65. The molecule has 1 amide bonds. The first-order valence-corrected chi connectivity index (χ1v) is 12.8. The van der Waals surface area contributed by atoms with Gasteiger partial charge >= 0.3 is 0 Å². The summed E-state index contributed by atoms with van der Waals surface area (Å²) in [5.41, 5.74) is 2.93. The lowest BCUT2D eigenvalue weighted by Gasteiger charge is -2.20. The maximum absolute atomic E-state index is 13.4. The Morgan fingerprint density at radius 1 is 1.25 bits per heavy atom. The topological polar surface area (TPSA) is 51.0 Å². The highest BCUT2D eigenvalue weighted by Crippen LogP contribution is 2.33. The summed E-state index contributed by atoms with van der Waals surface area (Å²) in [6.45, 7) is 5.52. The van der Waals surface area contributed by atoms with Gasteiger partial charge in [-0.2, -0.15) is 0 Å². The van der Waals surface area contributed by atoms with Gasteiger partial charge in [-0.15, -0.1) is 11.8 Å². The number of thioether (sulfide) groups is 1. The van der Waals surface area contributed by atoms with Crippen LogP contribution >= 0.6 is 34.7 Å². The van der Waals surface area contributed by atoms with Crippen molar-refractivity contribution in [2.45, 2.75) is 38.1 Å². The number of aromatic nitrogens is 3. The van der Waals surface area contributed by atoms with Gasteiger partial charge in [0, 0.05) is 35.4 Å². The Morgan fingerprint density at radius 3 is 2.78 bits per heavy atom. The van der Waals surface area contributed by atoms with E-state index in [1.165, 1.54) is 16.2 Å². The maximum Gasteiger partial charge on any atom is 0.233 e. The number of anilines is 1. The van der Waals surface area contributed by atoms with Gasteiger partial charge in [-0.3, -0.25) is 9.69 Å². The Kier molecular flexibility index (Phi) is 7.50. The normalized spacial score (nSPS) is 11.2. The summed E-state index contributed by atoms with van der Waals surface area (Å²) in [7, 11) is 0. The van der Waals surface area contributed by atoms with E-state index in [0.717, 1.165) is 45.2 Å². The molecule has 5 nitrogen and oxygen atoms in total. The lowest BCUT2D eigenvalue weighted by atomic mass is 10.1. The van der Waals surface area contributed by atoms with Crippen LogP contribution in [0.3, 0.4) is 0 Å². The molecule has 2 aromatic carbocycles. The van der Waals surface area contributed by atoms with Crippen molar-refractivity contribution in [2.24, 2.45) is 0 Å². The fourth-order valence-corrected chi connectivity index (χ4v) is 5.68. The molecule has 4 aromatic rings. The van der Waals surface area contributed by atoms with Crippen LogP contribution in [0.5, 0.6) is 0 Å². The van der Waals surface area contributed by atoms with E-state index >= 15 is 0 Å². The predicted molar refractivity (Wildman–Crippen MR) is 135 cm³/mol. The molecule has 0 N–H and O–H groups in total. The Balaban J connectivity index is 1.56. The average molecular weight is 485 g/mol. The lowest BCUT2D eigenvalue weighted by Crippen LogP contribution is -2.33. The summed E-state index contributed by atoms with van der Waals surface area (Å²) >= 11 is 9.56. The SMILES string of the molecule is CCSc1ccc(CC(=O)N(CCCn2ccnc2)c2nc3c(C)cc(Cl)cc3s2)cc1. The molecule has 0 saturated heterocycles. The molecular formula is C24H25ClN4OS2. The standard InChI is InChI=1S/C24H25ClN4OS2/c1-3-31-20-7-5-18(6-8-20)14-22(30)29(11-4-10-28-12-9-26-16-28)24-27-23-17(2)13-19(25)15-21(23)32-24/h5-9,12-13,15-16H,3-4,10-11,14H2,1-2H3. The largest absolute Gasteiger partial charge is 0.337 e. The minimum Gasteiger partial charge on any atom is -0.337 e. The van der Waals surface area contributed by atoms with E-state index in [-0.39, 0.29) is 5.91 Å². The molecule has 0 aliphatic carbocycles. The molecule has 0 aliphatic rings. The number of rotatable bonds is 9. The Labute approximate surface area is 201 Å². The van der Waals surface area contributed by atoms with E-state index in [1.54, 1.807) is 24.3 Å². The molecule has 2 aromatic heterocycles. The molecule has 32 heavy (non-hydrogen) atoms. The van der Waals surface area contributed by atoms with Gasteiger partial charge in [0.25, 0.3) is 0 Å². The van der Waals surface area contributed by atoms with Crippen LogP contribution in [0.25, 0.3) is 10.2 Å². The van der Waals surface area contributed by atoms with Crippen molar-refractivity contribution in [3.63, 3.8) is 0 Å². The van der Waals surface area contributed by atoms with Crippen molar-refractivity contribution in [3.05, 3.63) is 71.3 Å². The van der Waals surface area contributed by atoms with E-state index in [0.29, 0.717) is 18.0 Å². The summed E-state index contributed by atoms with van der Waals surface area (Å²) in [6, 6.07) is 12.1. The number of hydrogen-bond donors (Lipinski definition) is 0. The molecule has 0 unspecified atom stereocenters. The monoisotopic (exact) mass is 484 g/mol. The molecule has 0 bridgehead atoms. The van der Waals surface area contributed by atoms with E-state index in [4.69, 9.17) is 16.6 Å². The molecule has 0 aliphatic heterocycles. The molecule has 0 radical (unpaired) electrons. The van der Waals surface area contributed by atoms with Crippen molar-refractivity contribution in [2.75, 3.05) is 17.2 Å². The third-order valence-electron chi connectivity index (χ3n) is 5.12. The van der Waals surface area contributed by atoms with Gasteiger partial charge in [-0.1, -0.05) is 42.0 Å². The van der Waals surface area contributed by atoms with Gasteiger partial charge in [-0.25, -0.2) is 9.97 Å². The number of amides is 1. The van der Waals surface area contributed by atoms with Gasteiger partial charge in [0.05, 0.1) is 23.0 Å². The molecule has 2 heterocycles. The van der Waals surface area contributed by atoms with Crippen molar-refractivity contribution in [1.29, 1.82) is 0 Å². The van der Waals surface area contributed by atoms with Crippen molar-refractivity contribution < 1.29 is 4.79 Å². The highest BCUT2D eigenvalue weighted by molar-refractivity contribution is 7.99. The molecule has 166 valence electrons. The van der Waals surface area contributed by atoms with E-state index in [1.807, 2.05) is 46.9 Å². The number of hydrogen-bond acceptors (Lipinski definition) is 5. The number of imidazole rings is 1. The zero-order valence-electron chi connectivity index (χ0n) is 18.1. The third kappa shape index (κ3) is 5.52. The van der Waals surface area contributed by atoms with Crippen LogP contribution in [0, 0.1) is 6.92 Å². The van der Waals surface area contributed by atoms with Crippen molar-refractivity contribution >= 4 is 56.0 Å². The summed E-state index contributed by atoms with van der Waals surface area (Å²) in [5.74, 6) is 1.08. The third-order valence-corrected chi connectivity index (χ3v) is 7.26. The molecular weight excluding hydrogens is 460 g/mol. The molecule has 0 atom stereocenters. The lowest BCUT2D eigenvalue weighted by molar-refractivity contribution is -0.118. The molecule has 4 rings (SSSR count). The fourth-order valence-electron chi connectivity index (χ4n) is 3.56. The number of thiazole rings is 1. The first-order chi connectivity index (χ1) is 15.5. The number of nitrogens with zero attached hydrogens (tertiary/aromatic N) is 4. The molecule has 0 spiro atoms. The van der Waals surface area contributed by atoms with Crippen LogP contribution in [0.4, 0.5) is 5.13 Å². The van der Waals surface area contributed by atoms with E-state index in [2.05, 4.69) is 24.0 Å². The number of halogens is 1. The number of carbonyl (C=O) groups excluding carboxylic acids is 1. The minimum atomic E-state index is 0.0503. The van der Waals surface area contributed by atoms with Gasteiger partial charge in [0.1, 0.15) is 0 Å². The highest BCUT2D eigenvalue weighted by atomic mass is 35.5. The van der Waals surface area contributed by atoms with Crippen LogP contribution in [-0.4, -0.2) is 32.7 Å². The predicted octanol–water partition coefficient (Wildman–Crippen LogP) is 6.23.